The van der Waals surface area contributed by atoms with E-state index in [0.29, 0.717) is 0 Å². The predicted molar refractivity (Wildman–Crippen MR) is 81.9 cm³/mol. The molecule has 1 fully saturated rings. The number of benzene rings is 1. The molecular weight excluding hydrogens is 267 g/mol. The van der Waals surface area contributed by atoms with E-state index in [4.69, 9.17) is 18.8 Å². The van der Waals surface area contributed by atoms with Crippen LogP contribution >= 0.6 is 0 Å². The third-order valence-electron chi connectivity index (χ3n) is 4.78. The van der Waals surface area contributed by atoms with E-state index in [0.717, 1.165) is 24.1 Å². The minimum absolute atomic E-state index is 0.139. The monoisotopic (exact) mass is 290 g/mol. The Bertz CT molecular complexity index is 525. The molecule has 4 nitrogen and oxygen atoms in total. The van der Waals surface area contributed by atoms with Gasteiger partial charge in [-0.3, -0.25) is 0 Å². The zero-order valence-corrected chi connectivity index (χ0v) is 13.4. The Balaban J connectivity index is 1.83. The van der Waals surface area contributed by atoms with Gasteiger partial charge in [0.2, 0.25) is 0 Å². The topological polar surface area (TPSA) is 36.9 Å². The van der Waals surface area contributed by atoms with Gasteiger partial charge in [0.25, 0.3) is 0 Å². The lowest BCUT2D eigenvalue weighted by molar-refractivity contribution is -0.0653. The zero-order chi connectivity index (χ0) is 15.3. The summed E-state index contributed by atoms with van der Waals surface area (Å²) in [5, 5.41) is 0. The highest BCUT2D eigenvalue weighted by molar-refractivity contribution is 6.62. The average Bonchev–Trinajstić information content (AvgIpc) is 2.66. The maximum Gasteiger partial charge on any atom is 0.494 e. The Morgan fingerprint density at radius 3 is 2.43 bits per heavy atom. The number of aryl methyl sites for hydroxylation is 1. The number of hydrogen-bond donors (Lipinski definition) is 0. The molecular formula is C16H23BO4. The first-order chi connectivity index (χ1) is 9.82. The van der Waals surface area contributed by atoms with E-state index < -0.39 is 0 Å². The Labute approximate surface area is 126 Å². The van der Waals surface area contributed by atoms with Crippen LogP contribution in [0.4, 0.5) is 0 Å². The Kier molecular flexibility index (Phi) is 3.55. The molecule has 0 radical (unpaired) electrons. The summed E-state index contributed by atoms with van der Waals surface area (Å²) in [7, 11) is 1.36. The first-order valence-electron chi connectivity index (χ1n) is 7.50. The lowest BCUT2D eigenvalue weighted by Gasteiger charge is -2.32. The van der Waals surface area contributed by atoms with Crippen LogP contribution in [-0.2, 0) is 20.5 Å². The normalized spacial score (nSPS) is 26.3. The summed E-state index contributed by atoms with van der Waals surface area (Å²) >= 11 is 0. The molecule has 0 bridgehead atoms. The van der Waals surface area contributed by atoms with Gasteiger partial charge in [0, 0.05) is 13.5 Å². The van der Waals surface area contributed by atoms with Crippen molar-refractivity contribution in [3.63, 3.8) is 0 Å². The van der Waals surface area contributed by atoms with E-state index in [-0.39, 0.29) is 24.6 Å². The van der Waals surface area contributed by atoms with Crippen LogP contribution in [0.5, 0.6) is 5.75 Å². The fraction of sp³-hybridized carbons (Fsp3) is 0.625. The number of rotatable bonds is 2. The molecule has 2 aliphatic rings. The SMILES string of the molecule is CO[C@H]1CCc2cc(B3OC(C)(C)C(C)(C)O3)ccc2O1. The molecule has 0 spiro atoms. The van der Waals surface area contributed by atoms with Gasteiger partial charge in [-0.1, -0.05) is 12.1 Å². The largest absolute Gasteiger partial charge is 0.494 e. The third-order valence-corrected chi connectivity index (χ3v) is 4.78. The molecule has 1 saturated heterocycles. The Morgan fingerprint density at radius 2 is 1.81 bits per heavy atom. The van der Waals surface area contributed by atoms with Gasteiger partial charge in [0.05, 0.1) is 11.2 Å². The van der Waals surface area contributed by atoms with Crippen molar-refractivity contribution in [3.05, 3.63) is 23.8 Å². The highest BCUT2D eigenvalue weighted by Gasteiger charge is 2.51. The second kappa shape index (κ2) is 5.01. The molecule has 1 aromatic carbocycles. The number of hydrogen-bond acceptors (Lipinski definition) is 4. The highest BCUT2D eigenvalue weighted by Crippen LogP contribution is 2.37. The fourth-order valence-electron chi connectivity index (χ4n) is 2.68. The van der Waals surface area contributed by atoms with Crippen LogP contribution in [0, 0.1) is 0 Å². The molecule has 114 valence electrons. The molecule has 1 aromatic rings. The van der Waals surface area contributed by atoms with Crippen molar-refractivity contribution in [2.24, 2.45) is 0 Å². The molecule has 1 atom stereocenters. The van der Waals surface area contributed by atoms with Crippen molar-refractivity contribution in [2.45, 2.75) is 58.0 Å². The summed E-state index contributed by atoms with van der Waals surface area (Å²) in [6, 6.07) is 6.13. The number of fused-ring (bicyclic) bond motifs is 1. The van der Waals surface area contributed by atoms with Gasteiger partial charge in [-0.05, 0) is 51.2 Å². The van der Waals surface area contributed by atoms with Crippen LogP contribution in [-0.4, -0.2) is 31.7 Å². The second-order valence-electron chi connectivity index (χ2n) is 6.78. The van der Waals surface area contributed by atoms with Gasteiger partial charge in [-0.15, -0.1) is 0 Å². The average molecular weight is 290 g/mol. The summed E-state index contributed by atoms with van der Waals surface area (Å²) in [4.78, 5) is 0. The van der Waals surface area contributed by atoms with Crippen LogP contribution < -0.4 is 10.2 Å². The van der Waals surface area contributed by atoms with Gasteiger partial charge in [-0.25, -0.2) is 0 Å². The molecule has 0 aromatic heterocycles. The lowest BCUT2D eigenvalue weighted by Crippen LogP contribution is -2.41. The van der Waals surface area contributed by atoms with E-state index in [1.54, 1.807) is 7.11 Å². The van der Waals surface area contributed by atoms with Gasteiger partial charge >= 0.3 is 7.12 Å². The van der Waals surface area contributed by atoms with Crippen molar-refractivity contribution < 1.29 is 18.8 Å². The molecule has 0 amide bonds. The summed E-state index contributed by atoms with van der Waals surface area (Å²) < 4.78 is 23.2. The molecule has 21 heavy (non-hydrogen) atoms. The Morgan fingerprint density at radius 1 is 1.14 bits per heavy atom. The van der Waals surface area contributed by atoms with Gasteiger partial charge in [-0.2, -0.15) is 0 Å². The van der Waals surface area contributed by atoms with E-state index in [9.17, 15) is 0 Å². The van der Waals surface area contributed by atoms with Gasteiger partial charge in [0.15, 0.2) is 6.29 Å². The van der Waals surface area contributed by atoms with Crippen LogP contribution in [0.1, 0.15) is 39.7 Å². The summed E-state index contributed by atoms with van der Waals surface area (Å²) in [6.45, 7) is 8.27. The Hall–Kier alpha value is -1.04. The molecule has 3 rings (SSSR count). The van der Waals surface area contributed by atoms with E-state index >= 15 is 0 Å². The molecule has 0 saturated carbocycles. The standard InChI is InChI=1S/C16H23BO4/c1-15(2)16(3,4)21-17(20-15)12-7-8-13-11(10-12)6-9-14(18-5)19-13/h7-8,10,14H,6,9H2,1-5H3/t14-/m1/s1. The predicted octanol–water partition coefficient (Wildman–Crippen LogP) is 2.28. The number of ether oxygens (including phenoxy) is 2. The van der Waals surface area contributed by atoms with Crippen LogP contribution in [0.3, 0.4) is 0 Å². The van der Waals surface area contributed by atoms with Crippen LogP contribution in [0.2, 0.25) is 0 Å². The van der Waals surface area contributed by atoms with Crippen molar-refractivity contribution >= 4 is 12.6 Å². The zero-order valence-electron chi connectivity index (χ0n) is 13.4. The first kappa shape index (κ1) is 14.9. The highest BCUT2D eigenvalue weighted by atomic mass is 16.7. The van der Waals surface area contributed by atoms with Crippen LogP contribution in [0.25, 0.3) is 0 Å². The smallest absolute Gasteiger partial charge is 0.465 e. The van der Waals surface area contributed by atoms with Crippen LogP contribution in [0.15, 0.2) is 18.2 Å². The van der Waals surface area contributed by atoms with E-state index in [2.05, 4.69) is 33.8 Å². The van der Waals surface area contributed by atoms with Crippen molar-refractivity contribution in [1.29, 1.82) is 0 Å². The molecule has 5 heteroatoms. The van der Waals surface area contributed by atoms with Crippen molar-refractivity contribution in [3.8, 4) is 5.75 Å². The van der Waals surface area contributed by atoms with E-state index in [1.807, 2.05) is 12.1 Å². The molecule has 0 unspecified atom stereocenters. The molecule has 0 N–H and O–H groups in total. The van der Waals surface area contributed by atoms with E-state index in [1.165, 1.54) is 5.56 Å². The summed E-state index contributed by atoms with van der Waals surface area (Å²) in [5.74, 6) is 0.897. The summed E-state index contributed by atoms with van der Waals surface area (Å²) in [6.07, 6.45) is 1.68. The third kappa shape index (κ3) is 2.58. The minimum atomic E-state index is -0.319. The maximum atomic E-state index is 6.10. The van der Waals surface area contributed by atoms with Gasteiger partial charge < -0.3 is 18.8 Å². The van der Waals surface area contributed by atoms with Crippen molar-refractivity contribution in [1.82, 2.24) is 0 Å². The molecule has 0 aliphatic carbocycles. The number of methoxy groups -OCH3 is 1. The quantitative estimate of drug-likeness (QED) is 0.783. The first-order valence-corrected chi connectivity index (χ1v) is 7.50. The molecule has 2 aliphatic heterocycles. The van der Waals surface area contributed by atoms with Gasteiger partial charge in [0.1, 0.15) is 5.75 Å². The second-order valence-corrected chi connectivity index (χ2v) is 6.78. The molecule has 2 heterocycles. The lowest BCUT2D eigenvalue weighted by atomic mass is 9.78. The summed E-state index contributed by atoms with van der Waals surface area (Å²) in [5.41, 5.74) is 1.61. The van der Waals surface area contributed by atoms with Crippen molar-refractivity contribution in [2.75, 3.05) is 7.11 Å². The minimum Gasteiger partial charge on any atom is -0.465 e. The maximum absolute atomic E-state index is 6.10. The fourth-order valence-corrected chi connectivity index (χ4v) is 2.68.